The minimum absolute atomic E-state index is 0.00327. The van der Waals surface area contributed by atoms with Crippen LogP contribution in [0.2, 0.25) is 0 Å². The van der Waals surface area contributed by atoms with Gasteiger partial charge in [-0.1, -0.05) is 30.3 Å². The number of hydrogen-bond acceptors (Lipinski definition) is 4. The Bertz CT molecular complexity index is 688. The molecule has 1 aliphatic rings. The zero-order valence-electron chi connectivity index (χ0n) is 13.4. The van der Waals surface area contributed by atoms with Crippen LogP contribution in [-0.2, 0) is 9.53 Å². The summed E-state index contributed by atoms with van der Waals surface area (Å²) in [5, 5.41) is 0. The van der Waals surface area contributed by atoms with Crippen LogP contribution < -0.4 is 0 Å². The van der Waals surface area contributed by atoms with E-state index in [4.69, 9.17) is 4.74 Å². The normalized spacial score (nSPS) is 17.5. The van der Waals surface area contributed by atoms with Crippen LogP contribution in [0.25, 0.3) is 0 Å². The maximum atomic E-state index is 12.4. The Labute approximate surface area is 141 Å². The molecule has 2 heterocycles. The first-order chi connectivity index (χ1) is 11.7. The van der Waals surface area contributed by atoms with Gasteiger partial charge in [-0.05, 0) is 17.7 Å². The highest BCUT2D eigenvalue weighted by Crippen LogP contribution is 2.22. The summed E-state index contributed by atoms with van der Waals surface area (Å²) in [6, 6.07) is 13.3. The molecule has 0 N–H and O–H groups in total. The monoisotopic (exact) mass is 324 g/mol. The molecule has 3 rings (SSSR count). The molecule has 2 aromatic rings. The first-order valence-electron chi connectivity index (χ1n) is 8.11. The second-order valence-corrected chi connectivity index (χ2v) is 5.77. The van der Waals surface area contributed by atoms with Gasteiger partial charge in [-0.15, -0.1) is 0 Å². The molecular formula is C19H20N2O3. The quantitative estimate of drug-likeness (QED) is 0.793. The first-order valence-corrected chi connectivity index (χ1v) is 8.11. The molecule has 0 spiro atoms. The number of pyridine rings is 1. The van der Waals surface area contributed by atoms with Crippen LogP contribution in [0.5, 0.6) is 0 Å². The molecule has 1 fully saturated rings. The van der Waals surface area contributed by atoms with E-state index < -0.39 is 0 Å². The second kappa shape index (κ2) is 7.84. The molecule has 1 saturated heterocycles. The van der Waals surface area contributed by atoms with Crippen molar-refractivity contribution in [1.29, 1.82) is 0 Å². The van der Waals surface area contributed by atoms with E-state index >= 15 is 0 Å². The lowest BCUT2D eigenvalue weighted by molar-refractivity contribution is -0.139. The minimum Gasteiger partial charge on any atom is -0.370 e. The summed E-state index contributed by atoms with van der Waals surface area (Å²) in [4.78, 5) is 30.2. The fourth-order valence-electron chi connectivity index (χ4n) is 2.80. The van der Waals surface area contributed by atoms with Crippen LogP contribution in [0.3, 0.4) is 0 Å². The molecule has 24 heavy (non-hydrogen) atoms. The van der Waals surface area contributed by atoms with Gasteiger partial charge in [0.2, 0.25) is 5.91 Å². The lowest BCUT2D eigenvalue weighted by atomic mass is 10.1. The molecule has 1 amide bonds. The lowest BCUT2D eigenvalue weighted by Crippen LogP contribution is -2.42. The number of benzene rings is 1. The van der Waals surface area contributed by atoms with E-state index in [0.29, 0.717) is 25.3 Å². The summed E-state index contributed by atoms with van der Waals surface area (Å²) in [7, 11) is 0. The Kier molecular flexibility index (Phi) is 5.33. The van der Waals surface area contributed by atoms with E-state index in [1.54, 1.807) is 23.2 Å². The third kappa shape index (κ3) is 4.06. The molecule has 0 bridgehead atoms. The van der Waals surface area contributed by atoms with Crippen molar-refractivity contribution < 1.29 is 14.3 Å². The molecule has 5 nitrogen and oxygen atoms in total. The molecule has 0 saturated carbocycles. The maximum absolute atomic E-state index is 12.4. The van der Waals surface area contributed by atoms with Crippen LogP contribution in [-0.4, -0.2) is 41.3 Å². The topological polar surface area (TPSA) is 59.5 Å². The van der Waals surface area contributed by atoms with Gasteiger partial charge in [-0.2, -0.15) is 0 Å². The van der Waals surface area contributed by atoms with Crippen molar-refractivity contribution >= 4 is 11.7 Å². The van der Waals surface area contributed by atoms with Crippen LogP contribution in [0.4, 0.5) is 0 Å². The summed E-state index contributed by atoms with van der Waals surface area (Å²) in [6.07, 6.45) is 3.48. The predicted octanol–water partition coefficient (Wildman–Crippen LogP) is 2.64. The van der Waals surface area contributed by atoms with Gasteiger partial charge < -0.3 is 9.64 Å². The molecule has 1 aliphatic heterocycles. The zero-order valence-corrected chi connectivity index (χ0v) is 13.4. The molecule has 1 atom stereocenters. The third-order valence-corrected chi connectivity index (χ3v) is 4.14. The highest BCUT2D eigenvalue weighted by Gasteiger charge is 2.25. The number of carbonyl (C=O) groups excluding carboxylic acids is 2. The zero-order chi connectivity index (χ0) is 16.8. The summed E-state index contributed by atoms with van der Waals surface area (Å²) in [5.41, 5.74) is 1.62. The smallest absolute Gasteiger partial charge is 0.223 e. The van der Waals surface area contributed by atoms with Gasteiger partial charge in [0, 0.05) is 37.3 Å². The van der Waals surface area contributed by atoms with Gasteiger partial charge in [-0.25, -0.2) is 0 Å². The van der Waals surface area contributed by atoms with Crippen LogP contribution in [0, 0.1) is 0 Å². The molecule has 1 unspecified atom stereocenters. The Hall–Kier alpha value is -2.53. The fraction of sp³-hybridized carbons (Fsp3) is 0.316. The van der Waals surface area contributed by atoms with E-state index in [1.165, 1.54) is 6.20 Å². The predicted molar refractivity (Wildman–Crippen MR) is 89.5 cm³/mol. The van der Waals surface area contributed by atoms with Crippen molar-refractivity contribution in [2.24, 2.45) is 0 Å². The maximum Gasteiger partial charge on any atom is 0.223 e. The number of amides is 1. The number of morpholine rings is 1. The number of rotatable bonds is 5. The number of ether oxygens (including phenoxy) is 1. The number of carbonyl (C=O) groups is 2. The van der Waals surface area contributed by atoms with E-state index in [9.17, 15) is 9.59 Å². The number of hydrogen-bond donors (Lipinski definition) is 0. The number of aromatic nitrogens is 1. The van der Waals surface area contributed by atoms with Crippen LogP contribution in [0.15, 0.2) is 54.9 Å². The van der Waals surface area contributed by atoms with Crippen molar-refractivity contribution in [1.82, 2.24) is 9.88 Å². The van der Waals surface area contributed by atoms with Crippen molar-refractivity contribution in [3.63, 3.8) is 0 Å². The first kappa shape index (κ1) is 16.3. The Morgan fingerprint density at radius 2 is 1.96 bits per heavy atom. The Balaban J connectivity index is 1.54. The van der Waals surface area contributed by atoms with E-state index in [1.807, 2.05) is 30.3 Å². The number of nitrogens with zero attached hydrogens (tertiary/aromatic N) is 2. The standard InChI is InChI=1S/C19H20N2O3/c22-17(16-7-4-10-20-13-16)8-9-19(23)21-11-12-24-18(14-21)15-5-2-1-3-6-15/h1-7,10,13,18H,8-9,11-12,14H2. The van der Waals surface area contributed by atoms with Crippen LogP contribution in [0.1, 0.15) is 34.9 Å². The van der Waals surface area contributed by atoms with E-state index in [2.05, 4.69) is 4.98 Å². The SMILES string of the molecule is O=C(CCC(=O)N1CCOC(c2ccccc2)C1)c1cccnc1. The second-order valence-electron chi connectivity index (χ2n) is 5.77. The highest BCUT2D eigenvalue weighted by atomic mass is 16.5. The van der Waals surface area contributed by atoms with Gasteiger partial charge in [-0.3, -0.25) is 14.6 Å². The minimum atomic E-state index is -0.0991. The average molecular weight is 324 g/mol. The van der Waals surface area contributed by atoms with Crippen molar-refractivity contribution in [3.8, 4) is 0 Å². The molecule has 124 valence electrons. The van der Waals surface area contributed by atoms with Gasteiger partial charge in [0.15, 0.2) is 5.78 Å². The molecule has 1 aromatic carbocycles. The van der Waals surface area contributed by atoms with Gasteiger partial charge in [0.25, 0.3) is 0 Å². The van der Waals surface area contributed by atoms with Gasteiger partial charge >= 0.3 is 0 Å². The van der Waals surface area contributed by atoms with Crippen molar-refractivity contribution in [2.75, 3.05) is 19.7 Å². The number of Topliss-reactive ketones (excluding diaryl/α,β-unsaturated/α-hetero) is 1. The molecule has 1 aromatic heterocycles. The van der Waals surface area contributed by atoms with Gasteiger partial charge in [0.05, 0.1) is 13.2 Å². The third-order valence-electron chi connectivity index (χ3n) is 4.14. The lowest BCUT2D eigenvalue weighted by Gasteiger charge is -2.33. The van der Waals surface area contributed by atoms with E-state index in [0.717, 1.165) is 5.56 Å². The average Bonchev–Trinajstić information content (AvgIpc) is 2.67. The van der Waals surface area contributed by atoms with Crippen LogP contribution >= 0.6 is 0 Å². The van der Waals surface area contributed by atoms with Gasteiger partial charge in [0.1, 0.15) is 6.10 Å². The molecule has 0 aliphatic carbocycles. The summed E-state index contributed by atoms with van der Waals surface area (Å²) in [6.45, 7) is 1.62. The molecule has 0 radical (unpaired) electrons. The van der Waals surface area contributed by atoms with Crippen molar-refractivity contribution in [3.05, 3.63) is 66.0 Å². The highest BCUT2D eigenvalue weighted by molar-refractivity contribution is 5.97. The summed E-state index contributed by atoms with van der Waals surface area (Å²) in [5.74, 6) is -0.0548. The Morgan fingerprint density at radius 3 is 2.71 bits per heavy atom. The molecular weight excluding hydrogens is 304 g/mol. The summed E-state index contributed by atoms with van der Waals surface area (Å²) >= 11 is 0. The Morgan fingerprint density at radius 1 is 1.12 bits per heavy atom. The largest absolute Gasteiger partial charge is 0.370 e. The van der Waals surface area contributed by atoms with Crippen molar-refractivity contribution in [2.45, 2.75) is 18.9 Å². The fourth-order valence-corrected chi connectivity index (χ4v) is 2.80. The molecule has 5 heteroatoms. The number of ketones is 1. The summed E-state index contributed by atoms with van der Waals surface area (Å²) < 4.78 is 5.77. The van der Waals surface area contributed by atoms with E-state index in [-0.39, 0.29) is 30.6 Å².